The summed E-state index contributed by atoms with van der Waals surface area (Å²) in [5.41, 5.74) is 12.4. The lowest BCUT2D eigenvalue weighted by atomic mass is 10.1. The third-order valence-electron chi connectivity index (χ3n) is 4.67. The molecule has 0 spiro atoms. The molecule has 1 aliphatic rings. The van der Waals surface area contributed by atoms with Gasteiger partial charge in [-0.25, -0.2) is 4.98 Å². The van der Waals surface area contributed by atoms with Gasteiger partial charge in [0.25, 0.3) is 0 Å². The smallest absolute Gasteiger partial charge is 0.128 e. The lowest BCUT2D eigenvalue weighted by Gasteiger charge is -2.27. The fourth-order valence-electron chi connectivity index (χ4n) is 3.31. The normalized spacial score (nSPS) is 14.5. The summed E-state index contributed by atoms with van der Waals surface area (Å²) in [5, 5.41) is 4.74. The van der Waals surface area contributed by atoms with Gasteiger partial charge in [0.15, 0.2) is 0 Å². The first kappa shape index (κ1) is 15.8. The minimum absolute atomic E-state index is 0.629. The molecule has 0 aliphatic carbocycles. The molecule has 2 N–H and O–H groups in total. The number of rotatable bonds is 3. The van der Waals surface area contributed by atoms with Gasteiger partial charge in [-0.05, 0) is 37.6 Å². The zero-order valence-electron chi connectivity index (χ0n) is 14.6. The van der Waals surface area contributed by atoms with Crippen molar-refractivity contribution in [1.82, 2.24) is 24.6 Å². The Labute approximate surface area is 147 Å². The minimum atomic E-state index is 0.629. The number of nitrogens with zero attached hydrogens (tertiary/aromatic N) is 5. The van der Waals surface area contributed by atoms with Crippen LogP contribution in [0.4, 0.5) is 5.82 Å². The van der Waals surface area contributed by atoms with E-state index in [1.54, 1.807) is 0 Å². The Bertz CT molecular complexity index is 914. The fourth-order valence-corrected chi connectivity index (χ4v) is 3.31. The fraction of sp³-hybridized carbons (Fsp3) is 0.316. The first-order valence-corrected chi connectivity index (χ1v) is 8.53. The molecule has 0 saturated heterocycles. The Morgan fingerprint density at radius 1 is 1.16 bits per heavy atom. The zero-order valence-corrected chi connectivity index (χ0v) is 14.6. The molecule has 0 unspecified atom stereocenters. The number of aryl methyl sites for hydroxylation is 2. The molecule has 3 aromatic rings. The monoisotopic (exact) mass is 334 g/mol. The van der Waals surface area contributed by atoms with Crippen molar-refractivity contribution in [3.8, 4) is 11.4 Å². The Morgan fingerprint density at radius 2 is 2.04 bits per heavy atom. The highest BCUT2D eigenvalue weighted by Gasteiger charge is 2.20. The number of nitrogens with two attached hydrogens (primary N) is 1. The van der Waals surface area contributed by atoms with Gasteiger partial charge in [-0.15, -0.1) is 0 Å². The molecule has 0 amide bonds. The van der Waals surface area contributed by atoms with Gasteiger partial charge in [-0.1, -0.05) is 12.1 Å². The second-order valence-electron chi connectivity index (χ2n) is 6.62. The molecule has 1 aliphatic heterocycles. The maximum absolute atomic E-state index is 6.07. The summed E-state index contributed by atoms with van der Waals surface area (Å²) in [4.78, 5) is 11.2. The predicted octanol–water partition coefficient (Wildman–Crippen LogP) is 2.55. The summed E-state index contributed by atoms with van der Waals surface area (Å²) >= 11 is 0. The topological polar surface area (TPSA) is 72.9 Å². The van der Waals surface area contributed by atoms with Crippen molar-refractivity contribution in [3.63, 3.8) is 0 Å². The molecule has 0 fully saturated rings. The van der Waals surface area contributed by atoms with Gasteiger partial charge >= 0.3 is 0 Å². The number of anilines is 1. The van der Waals surface area contributed by atoms with Crippen LogP contribution >= 0.6 is 0 Å². The molecular formula is C19H22N6. The minimum Gasteiger partial charge on any atom is -0.383 e. The van der Waals surface area contributed by atoms with Gasteiger partial charge in [0, 0.05) is 37.1 Å². The Balaban J connectivity index is 1.54. The number of hydrogen-bond acceptors (Lipinski definition) is 5. The van der Waals surface area contributed by atoms with Gasteiger partial charge in [0.05, 0.1) is 17.9 Å². The van der Waals surface area contributed by atoms with Gasteiger partial charge in [-0.2, -0.15) is 5.10 Å². The molecule has 4 rings (SSSR count). The quantitative estimate of drug-likeness (QED) is 0.797. The van der Waals surface area contributed by atoms with Crippen LogP contribution in [-0.2, 0) is 19.6 Å². The van der Waals surface area contributed by atoms with Crippen molar-refractivity contribution in [1.29, 1.82) is 0 Å². The maximum atomic E-state index is 6.07. The van der Waals surface area contributed by atoms with E-state index in [1.807, 2.05) is 25.3 Å². The number of fused-ring (bicyclic) bond motifs is 1. The molecule has 6 heteroatoms. The number of aromatic nitrogens is 4. The van der Waals surface area contributed by atoms with Crippen LogP contribution in [-0.4, -0.2) is 31.2 Å². The highest BCUT2D eigenvalue weighted by molar-refractivity contribution is 5.58. The van der Waals surface area contributed by atoms with Crippen LogP contribution in [0.5, 0.6) is 0 Å². The number of hydrogen-bond donors (Lipinski definition) is 1. The highest BCUT2D eigenvalue weighted by atomic mass is 15.3. The van der Waals surface area contributed by atoms with E-state index in [-0.39, 0.29) is 0 Å². The first-order valence-electron chi connectivity index (χ1n) is 8.53. The molecule has 128 valence electrons. The summed E-state index contributed by atoms with van der Waals surface area (Å²) in [6, 6.07) is 10.3. The summed E-state index contributed by atoms with van der Waals surface area (Å²) in [6.07, 6.45) is 1.82. The average molecular weight is 334 g/mol. The lowest BCUT2D eigenvalue weighted by Crippen LogP contribution is -2.33. The summed E-state index contributed by atoms with van der Waals surface area (Å²) in [7, 11) is 0. The molecule has 0 aromatic carbocycles. The molecule has 4 heterocycles. The van der Waals surface area contributed by atoms with E-state index in [2.05, 4.69) is 44.7 Å². The molecule has 0 atom stereocenters. The lowest BCUT2D eigenvalue weighted by molar-refractivity contribution is 0.205. The van der Waals surface area contributed by atoms with E-state index in [4.69, 9.17) is 10.8 Å². The van der Waals surface area contributed by atoms with Gasteiger partial charge in [0.2, 0.25) is 0 Å². The van der Waals surface area contributed by atoms with Crippen LogP contribution in [0.1, 0.15) is 22.5 Å². The van der Waals surface area contributed by atoms with Gasteiger partial charge < -0.3 is 5.73 Å². The number of nitrogen functional groups attached to an aromatic ring is 1. The van der Waals surface area contributed by atoms with Gasteiger partial charge in [0.1, 0.15) is 11.5 Å². The van der Waals surface area contributed by atoms with Crippen LogP contribution in [0.15, 0.2) is 36.5 Å². The Hall–Kier alpha value is -2.73. The maximum Gasteiger partial charge on any atom is 0.128 e. The standard InChI is InChI=1S/C19H22N6/c1-13-4-3-7-21-18(13)17-10-16-12-24(8-9-25(16)23-17)11-15-6-5-14(2)22-19(15)20/h3-7,10H,8-9,11-12H2,1-2H3,(H2,20,22). The Morgan fingerprint density at radius 3 is 2.84 bits per heavy atom. The van der Waals surface area contributed by atoms with Crippen molar-refractivity contribution in [2.24, 2.45) is 0 Å². The first-order chi connectivity index (χ1) is 12.1. The zero-order chi connectivity index (χ0) is 17.4. The van der Waals surface area contributed by atoms with Crippen LogP contribution in [0.25, 0.3) is 11.4 Å². The largest absolute Gasteiger partial charge is 0.383 e. The van der Waals surface area contributed by atoms with Crippen molar-refractivity contribution in [2.75, 3.05) is 12.3 Å². The van der Waals surface area contributed by atoms with Crippen molar-refractivity contribution < 1.29 is 0 Å². The molecule has 0 bridgehead atoms. The van der Waals surface area contributed by atoms with E-state index in [0.717, 1.165) is 54.4 Å². The van der Waals surface area contributed by atoms with Crippen LogP contribution in [0.2, 0.25) is 0 Å². The van der Waals surface area contributed by atoms with Crippen molar-refractivity contribution in [3.05, 3.63) is 59.0 Å². The molecule has 0 saturated carbocycles. The van der Waals surface area contributed by atoms with E-state index >= 15 is 0 Å². The highest BCUT2D eigenvalue weighted by Crippen LogP contribution is 2.24. The summed E-state index contributed by atoms with van der Waals surface area (Å²) < 4.78 is 2.09. The van der Waals surface area contributed by atoms with Crippen LogP contribution in [0.3, 0.4) is 0 Å². The molecule has 25 heavy (non-hydrogen) atoms. The molecular weight excluding hydrogens is 312 g/mol. The van der Waals surface area contributed by atoms with Crippen molar-refractivity contribution >= 4 is 5.82 Å². The van der Waals surface area contributed by atoms with Crippen molar-refractivity contribution in [2.45, 2.75) is 33.5 Å². The summed E-state index contributed by atoms with van der Waals surface area (Å²) in [5.74, 6) is 0.629. The molecule has 0 radical (unpaired) electrons. The van der Waals surface area contributed by atoms with E-state index in [1.165, 1.54) is 5.69 Å². The number of pyridine rings is 2. The summed E-state index contributed by atoms with van der Waals surface area (Å²) in [6.45, 7) is 7.51. The Kier molecular flexibility index (Phi) is 3.97. The third kappa shape index (κ3) is 3.13. The third-order valence-corrected chi connectivity index (χ3v) is 4.67. The second kappa shape index (κ2) is 6.29. The van der Waals surface area contributed by atoms with Crippen LogP contribution in [0, 0.1) is 13.8 Å². The van der Waals surface area contributed by atoms with E-state index in [0.29, 0.717) is 5.82 Å². The SMILES string of the molecule is Cc1ccc(CN2CCn3nc(-c4ncccc4C)cc3C2)c(N)n1. The van der Waals surface area contributed by atoms with Crippen LogP contribution < -0.4 is 5.73 Å². The molecule has 6 nitrogen and oxygen atoms in total. The molecule has 3 aromatic heterocycles. The van der Waals surface area contributed by atoms with E-state index < -0.39 is 0 Å². The van der Waals surface area contributed by atoms with E-state index in [9.17, 15) is 0 Å². The van der Waals surface area contributed by atoms with Gasteiger partial charge in [-0.3, -0.25) is 14.6 Å². The predicted molar refractivity (Wildman–Crippen MR) is 97.7 cm³/mol. The second-order valence-corrected chi connectivity index (χ2v) is 6.62. The average Bonchev–Trinajstić information content (AvgIpc) is 3.01.